The van der Waals surface area contributed by atoms with Gasteiger partial charge in [-0.05, 0) is 36.8 Å². The van der Waals surface area contributed by atoms with E-state index in [2.05, 4.69) is 4.52 Å². The molecule has 0 aliphatic heterocycles. The summed E-state index contributed by atoms with van der Waals surface area (Å²) in [5.41, 5.74) is 1.02. The van der Waals surface area contributed by atoms with Crippen LogP contribution in [-0.2, 0) is 29.5 Å². The van der Waals surface area contributed by atoms with Crippen molar-refractivity contribution in [3.8, 4) is 5.75 Å². The van der Waals surface area contributed by atoms with E-state index in [9.17, 15) is 19.3 Å². The van der Waals surface area contributed by atoms with E-state index in [0.717, 1.165) is 16.0 Å². The Kier molecular flexibility index (Phi) is 8.34. The van der Waals surface area contributed by atoms with Gasteiger partial charge in [0, 0.05) is 16.0 Å². The van der Waals surface area contributed by atoms with Crippen molar-refractivity contribution in [2.24, 2.45) is 0 Å². The lowest BCUT2D eigenvalue weighted by atomic mass is 9.79. The Hall–Kier alpha value is -1.14. The second-order valence-electron chi connectivity index (χ2n) is 9.67. The Labute approximate surface area is 178 Å². The third-order valence-corrected chi connectivity index (χ3v) is 6.06. The standard InChI is InChI=1S/C21H33O6PS/c1-19(2,3)15-10-14(11-16(18(15)24)20(4,5)6)29-21(7,8)17(23)9-13(22)12-27-28(25)26/h10-11,24,28H,9,12H2,1-8H3,(H,25,26). The fourth-order valence-corrected chi connectivity index (χ4v) is 4.16. The van der Waals surface area contributed by atoms with Crippen LogP contribution < -0.4 is 0 Å². The number of benzene rings is 1. The Morgan fingerprint density at radius 2 is 1.45 bits per heavy atom. The number of hydrogen-bond acceptors (Lipinski definition) is 6. The molecule has 164 valence electrons. The fraction of sp³-hybridized carbons (Fsp3) is 0.619. The minimum absolute atomic E-state index is 0.269. The summed E-state index contributed by atoms with van der Waals surface area (Å²) in [6, 6.07) is 3.79. The number of carbonyl (C=O) groups excluding carboxylic acids is 2. The van der Waals surface area contributed by atoms with Gasteiger partial charge >= 0.3 is 8.25 Å². The van der Waals surface area contributed by atoms with E-state index in [4.69, 9.17) is 4.89 Å². The molecule has 1 aromatic rings. The van der Waals surface area contributed by atoms with Crippen molar-refractivity contribution in [1.82, 2.24) is 0 Å². The number of phenols is 1. The highest BCUT2D eigenvalue weighted by Crippen LogP contribution is 2.44. The summed E-state index contributed by atoms with van der Waals surface area (Å²) in [5.74, 6) is -0.561. The normalized spacial score (nSPS) is 14.0. The topological polar surface area (TPSA) is 101 Å². The maximum Gasteiger partial charge on any atom is 0.317 e. The molecule has 0 aliphatic carbocycles. The van der Waals surface area contributed by atoms with Crippen LogP contribution in [0, 0.1) is 0 Å². The minimum atomic E-state index is -3.20. The van der Waals surface area contributed by atoms with Crippen molar-refractivity contribution >= 4 is 31.6 Å². The number of hydrogen-bond donors (Lipinski definition) is 2. The third-order valence-electron chi connectivity index (χ3n) is 4.46. The molecule has 0 aromatic heterocycles. The van der Waals surface area contributed by atoms with Gasteiger partial charge in [0.15, 0.2) is 11.6 Å². The van der Waals surface area contributed by atoms with Gasteiger partial charge in [0.05, 0.1) is 11.2 Å². The van der Waals surface area contributed by atoms with Crippen LogP contribution in [0.15, 0.2) is 17.0 Å². The van der Waals surface area contributed by atoms with Crippen LogP contribution in [0.1, 0.15) is 72.9 Å². The molecule has 0 fully saturated rings. The number of thioether (sulfide) groups is 1. The number of aromatic hydroxyl groups is 1. The number of Topliss-reactive ketones (excluding diaryl/α,β-unsaturated/α-hetero) is 2. The summed E-state index contributed by atoms with van der Waals surface area (Å²) in [5, 5.41) is 10.8. The first-order valence-electron chi connectivity index (χ1n) is 9.43. The SMILES string of the molecule is CC(C)(Sc1cc(C(C)(C)C)c(O)c(C(C)(C)C)c1)C(=O)CC(=O)CO[PH](=O)O. The number of ketones is 2. The first-order chi connectivity index (χ1) is 12.9. The number of carbonyl (C=O) groups is 2. The Morgan fingerprint density at radius 1 is 1.00 bits per heavy atom. The third kappa shape index (κ3) is 7.56. The summed E-state index contributed by atoms with van der Waals surface area (Å²) in [6.45, 7) is 15.0. The maximum absolute atomic E-state index is 12.7. The maximum atomic E-state index is 12.7. The van der Waals surface area contributed by atoms with E-state index in [0.29, 0.717) is 0 Å². The predicted molar refractivity (Wildman–Crippen MR) is 117 cm³/mol. The van der Waals surface area contributed by atoms with Gasteiger partial charge in [0.1, 0.15) is 12.4 Å². The van der Waals surface area contributed by atoms with Gasteiger partial charge in [-0.3, -0.25) is 14.2 Å². The molecule has 8 heteroatoms. The molecule has 6 nitrogen and oxygen atoms in total. The first kappa shape index (κ1) is 25.9. The first-order valence-corrected chi connectivity index (χ1v) is 11.5. The van der Waals surface area contributed by atoms with Gasteiger partial charge in [-0.2, -0.15) is 0 Å². The van der Waals surface area contributed by atoms with E-state index in [1.165, 1.54) is 11.8 Å². The van der Waals surface area contributed by atoms with Crippen molar-refractivity contribution in [2.75, 3.05) is 6.61 Å². The molecule has 0 saturated heterocycles. The van der Waals surface area contributed by atoms with Crippen LogP contribution in [0.25, 0.3) is 0 Å². The highest BCUT2D eigenvalue weighted by atomic mass is 32.2. The lowest BCUT2D eigenvalue weighted by molar-refractivity contribution is -0.129. The van der Waals surface area contributed by atoms with E-state index in [1.807, 2.05) is 53.7 Å². The van der Waals surface area contributed by atoms with Gasteiger partial charge < -0.3 is 14.5 Å². The van der Waals surface area contributed by atoms with Crippen LogP contribution in [0.5, 0.6) is 5.75 Å². The van der Waals surface area contributed by atoms with Crippen LogP contribution in [0.3, 0.4) is 0 Å². The van der Waals surface area contributed by atoms with Gasteiger partial charge in [-0.15, -0.1) is 11.8 Å². The van der Waals surface area contributed by atoms with E-state index in [-0.39, 0.29) is 28.8 Å². The van der Waals surface area contributed by atoms with Crippen molar-refractivity contribution in [3.63, 3.8) is 0 Å². The average Bonchev–Trinajstić information content (AvgIpc) is 2.51. The van der Waals surface area contributed by atoms with Gasteiger partial charge in [-0.25, -0.2) is 0 Å². The van der Waals surface area contributed by atoms with E-state index in [1.54, 1.807) is 13.8 Å². The van der Waals surface area contributed by atoms with Crippen LogP contribution in [0.2, 0.25) is 0 Å². The molecule has 1 rings (SSSR count). The molecule has 1 atom stereocenters. The van der Waals surface area contributed by atoms with Crippen LogP contribution in [0.4, 0.5) is 0 Å². The molecule has 0 heterocycles. The largest absolute Gasteiger partial charge is 0.507 e. The monoisotopic (exact) mass is 444 g/mol. The summed E-state index contributed by atoms with van der Waals surface area (Å²) in [4.78, 5) is 34.0. The van der Waals surface area contributed by atoms with E-state index >= 15 is 0 Å². The van der Waals surface area contributed by atoms with Gasteiger partial charge in [0.25, 0.3) is 0 Å². The highest BCUT2D eigenvalue weighted by Gasteiger charge is 2.33. The number of rotatable bonds is 8. The van der Waals surface area contributed by atoms with Gasteiger partial charge in [-0.1, -0.05) is 41.5 Å². The van der Waals surface area contributed by atoms with Crippen molar-refractivity contribution in [3.05, 3.63) is 23.3 Å². The minimum Gasteiger partial charge on any atom is -0.507 e. The molecular formula is C21H33O6PS. The lowest BCUT2D eigenvalue weighted by Gasteiger charge is -2.30. The Balaban J connectivity index is 3.19. The van der Waals surface area contributed by atoms with Crippen LogP contribution in [-0.4, -0.2) is 32.9 Å². The predicted octanol–water partition coefficient (Wildman–Crippen LogP) is 4.78. The smallest absolute Gasteiger partial charge is 0.317 e. The van der Waals surface area contributed by atoms with Crippen molar-refractivity contribution in [1.29, 1.82) is 0 Å². The molecule has 0 spiro atoms. The fourth-order valence-electron chi connectivity index (χ4n) is 2.75. The Bertz CT molecular complexity index is 767. The van der Waals surface area contributed by atoms with Crippen molar-refractivity contribution < 1.29 is 28.7 Å². The highest BCUT2D eigenvalue weighted by molar-refractivity contribution is 8.01. The van der Waals surface area contributed by atoms with E-state index < -0.39 is 25.4 Å². The molecule has 1 aromatic carbocycles. The quantitative estimate of drug-likeness (QED) is 0.338. The summed E-state index contributed by atoms with van der Waals surface area (Å²) in [7, 11) is -3.20. The molecule has 0 bridgehead atoms. The second kappa shape index (κ2) is 9.34. The molecule has 0 amide bonds. The molecule has 1 unspecified atom stereocenters. The molecule has 0 aliphatic rings. The van der Waals surface area contributed by atoms with Crippen LogP contribution >= 0.6 is 20.0 Å². The molecule has 2 N–H and O–H groups in total. The van der Waals surface area contributed by atoms with Gasteiger partial charge in [0.2, 0.25) is 0 Å². The molecular weight excluding hydrogens is 411 g/mol. The molecule has 29 heavy (non-hydrogen) atoms. The summed E-state index contributed by atoms with van der Waals surface area (Å²) < 4.78 is 14.1. The zero-order valence-corrected chi connectivity index (χ0v) is 20.3. The zero-order valence-electron chi connectivity index (χ0n) is 18.5. The molecule has 0 saturated carbocycles. The summed E-state index contributed by atoms with van der Waals surface area (Å²) >= 11 is 1.33. The number of phenolic OH excluding ortho intramolecular Hbond substituents is 1. The summed E-state index contributed by atoms with van der Waals surface area (Å²) in [6.07, 6.45) is -0.370. The Morgan fingerprint density at radius 3 is 1.83 bits per heavy atom. The zero-order chi connectivity index (χ0) is 22.8. The van der Waals surface area contributed by atoms with Crippen molar-refractivity contribution in [2.45, 2.75) is 82.3 Å². The molecule has 0 radical (unpaired) electrons. The second-order valence-corrected chi connectivity index (χ2v) is 12.2. The average molecular weight is 445 g/mol. The lowest BCUT2D eigenvalue weighted by Crippen LogP contribution is -2.30.